The highest BCUT2D eigenvalue weighted by molar-refractivity contribution is 7.90. The Bertz CT molecular complexity index is 1490. The van der Waals surface area contributed by atoms with E-state index in [9.17, 15) is 18.0 Å². The molecule has 2 atom stereocenters. The highest BCUT2D eigenvalue weighted by Gasteiger charge is 2.37. The molecule has 0 spiro atoms. The third kappa shape index (κ3) is 7.50. The molecule has 3 aliphatic rings. The average Bonchev–Trinajstić information content (AvgIpc) is 3.67. The SMILES string of the molecule is CCOC(=O)C1=C(CN2CCOC(CCC(=O)NS(=O)(=O)C3CC3)C2)NC(c2nccs2)=NC1c1ccc(Cl)cc1Cl. The van der Waals surface area contributed by atoms with E-state index in [0.717, 1.165) is 0 Å². The van der Waals surface area contributed by atoms with Gasteiger partial charge in [0, 0.05) is 58.9 Å². The molecule has 1 amide bonds. The fourth-order valence-electron chi connectivity index (χ4n) is 4.85. The minimum Gasteiger partial charge on any atom is -0.463 e. The van der Waals surface area contributed by atoms with Crippen molar-refractivity contribution in [1.82, 2.24) is 19.9 Å². The normalized spacial score (nSPS) is 21.5. The highest BCUT2D eigenvalue weighted by Crippen LogP contribution is 2.37. The number of aliphatic imine (C=N–C) groups is 1. The number of thiazole rings is 1. The van der Waals surface area contributed by atoms with E-state index in [1.165, 1.54) is 11.3 Å². The molecule has 0 radical (unpaired) electrons. The maximum Gasteiger partial charge on any atom is 0.338 e. The van der Waals surface area contributed by atoms with Crippen molar-refractivity contribution in [3.63, 3.8) is 0 Å². The zero-order valence-corrected chi connectivity index (χ0v) is 26.0. The minimum atomic E-state index is -3.59. The van der Waals surface area contributed by atoms with Gasteiger partial charge in [0.05, 0.1) is 30.1 Å². The number of amides is 1. The van der Waals surface area contributed by atoms with E-state index in [0.29, 0.717) is 83.2 Å². The topological polar surface area (TPSA) is 139 Å². The highest BCUT2D eigenvalue weighted by atomic mass is 35.5. The second kappa shape index (κ2) is 13.4. The van der Waals surface area contributed by atoms with E-state index in [2.05, 4.69) is 19.9 Å². The fraction of sp³-hybridized carbons (Fsp3) is 0.481. The van der Waals surface area contributed by atoms with E-state index < -0.39 is 33.2 Å². The van der Waals surface area contributed by atoms with Crippen LogP contribution >= 0.6 is 34.5 Å². The summed E-state index contributed by atoms with van der Waals surface area (Å²) in [5.74, 6) is -0.547. The fourth-order valence-corrected chi connectivity index (χ4v) is 7.30. The lowest BCUT2D eigenvalue weighted by atomic mass is 9.95. The molecule has 15 heteroatoms. The Hall–Kier alpha value is -2.55. The van der Waals surface area contributed by atoms with Crippen LogP contribution in [0.3, 0.4) is 0 Å². The lowest BCUT2D eigenvalue weighted by Gasteiger charge is -2.35. The zero-order chi connectivity index (χ0) is 29.9. The molecule has 3 heterocycles. The van der Waals surface area contributed by atoms with Gasteiger partial charge in [0.2, 0.25) is 15.9 Å². The average molecular weight is 657 g/mol. The van der Waals surface area contributed by atoms with Crippen LogP contribution < -0.4 is 10.0 Å². The molecule has 1 aromatic heterocycles. The number of nitrogens with one attached hydrogen (secondary N) is 2. The Morgan fingerprint density at radius 2 is 2.10 bits per heavy atom. The van der Waals surface area contributed by atoms with Gasteiger partial charge >= 0.3 is 5.97 Å². The van der Waals surface area contributed by atoms with E-state index in [1.807, 2.05) is 5.38 Å². The molecule has 0 bridgehead atoms. The number of carbonyl (C=O) groups excluding carboxylic acids is 2. The Kier molecular flexibility index (Phi) is 9.85. The van der Waals surface area contributed by atoms with Crippen LogP contribution in [0, 0.1) is 0 Å². The Morgan fingerprint density at radius 3 is 2.79 bits per heavy atom. The Balaban J connectivity index is 1.37. The van der Waals surface area contributed by atoms with Crippen LogP contribution in [-0.4, -0.2) is 80.2 Å². The number of benzene rings is 1. The predicted octanol–water partition coefficient (Wildman–Crippen LogP) is 3.45. The molecule has 1 saturated carbocycles. The van der Waals surface area contributed by atoms with Gasteiger partial charge in [-0.05, 0) is 38.3 Å². The van der Waals surface area contributed by atoms with Crippen molar-refractivity contribution >= 4 is 62.3 Å². The van der Waals surface area contributed by atoms with Gasteiger partial charge in [-0.25, -0.2) is 18.2 Å². The third-order valence-electron chi connectivity index (χ3n) is 7.03. The molecule has 2 aliphatic heterocycles. The molecular formula is C27H31Cl2N5O6S2. The number of aromatic nitrogens is 1. The number of nitrogens with zero attached hydrogens (tertiary/aromatic N) is 3. The number of carbonyl (C=O) groups is 2. The van der Waals surface area contributed by atoms with Crippen molar-refractivity contribution in [2.45, 2.75) is 50.0 Å². The molecule has 2 N–H and O–H groups in total. The lowest BCUT2D eigenvalue weighted by Crippen LogP contribution is -2.46. The first-order valence-electron chi connectivity index (χ1n) is 13.6. The number of halogens is 2. The van der Waals surface area contributed by atoms with Crippen LogP contribution in [0.1, 0.15) is 49.2 Å². The van der Waals surface area contributed by atoms with Gasteiger partial charge < -0.3 is 14.8 Å². The molecule has 226 valence electrons. The van der Waals surface area contributed by atoms with Crippen molar-refractivity contribution in [3.05, 3.63) is 61.7 Å². The van der Waals surface area contributed by atoms with E-state index in [-0.39, 0.29) is 19.1 Å². The van der Waals surface area contributed by atoms with Crippen molar-refractivity contribution in [1.29, 1.82) is 0 Å². The van der Waals surface area contributed by atoms with Crippen LogP contribution in [0.2, 0.25) is 10.0 Å². The number of rotatable bonds is 11. The number of morpholine rings is 1. The van der Waals surface area contributed by atoms with Gasteiger partial charge in [-0.15, -0.1) is 11.3 Å². The van der Waals surface area contributed by atoms with Crippen LogP contribution in [0.15, 0.2) is 46.0 Å². The number of amidine groups is 1. The Labute approximate surface area is 258 Å². The van der Waals surface area contributed by atoms with Gasteiger partial charge in [0.25, 0.3) is 0 Å². The lowest BCUT2D eigenvalue weighted by molar-refractivity contribution is -0.139. The molecular weight excluding hydrogens is 625 g/mol. The van der Waals surface area contributed by atoms with E-state index in [1.54, 1.807) is 31.3 Å². The summed E-state index contributed by atoms with van der Waals surface area (Å²) in [5, 5.41) is 6.18. The first-order chi connectivity index (χ1) is 20.1. The number of hydrogen-bond acceptors (Lipinski definition) is 11. The first-order valence-corrected chi connectivity index (χ1v) is 16.8. The summed E-state index contributed by atoms with van der Waals surface area (Å²) >= 11 is 14.2. The van der Waals surface area contributed by atoms with E-state index in [4.69, 9.17) is 37.7 Å². The maximum absolute atomic E-state index is 13.4. The summed E-state index contributed by atoms with van der Waals surface area (Å²) in [6.45, 7) is 3.71. The van der Waals surface area contributed by atoms with Crippen LogP contribution in [0.25, 0.3) is 0 Å². The monoisotopic (exact) mass is 655 g/mol. The van der Waals surface area contributed by atoms with Gasteiger partial charge in [-0.2, -0.15) is 0 Å². The zero-order valence-electron chi connectivity index (χ0n) is 22.8. The molecule has 2 fully saturated rings. The summed E-state index contributed by atoms with van der Waals surface area (Å²) in [6.07, 6.45) is 2.93. The largest absolute Gasteiger partial charge is 0.463 e. The summed E-state index contributed by atoms with van der Waals surface area (Å²) in [6, 6.07) is 4.29. The molecule has 2 aromatic rings. The van der Waals surface area contributed by atoms with Gasteiger partial charge in [-0.3, -0.25) is 19.4 Å². The molecule has 5 rings (SSSR count). The van der Waals surface area contributed by atoms with Crippen molar-refractivity contribution < 1.29 is 27.5 Å². The third-order valence-corrected chi connectivity index (χ3v) is 10.2. The number of ether oxygens (including phenoxy) is 2. The van der Waals surface area contributed by atoms with Crippen molar-refractivity contribution in [3.8, 4) is 0 Å². The number of sulfonamides is 1. The molecule has 42 heavy (non-hydrogen) atoms. The summed E-state index contributed by atoms with van der Waals surface area (Å²) in [7, 11) is -3.59. The number of hydrogen-bond donors (Lipinski definition) is 2. The second-order valence-electron chi connectivity index (χ2n) is 10.2. The maximum atomic E-state index is 13.4. The smallest absolute Gasteiger partial charge is 0.338 e. The minimum absolute atomic E-state index is 0.0253. The molecule has 1 aliphatic carbocycles. The summed E-state index contributed by atoms with van der Waals surface area (Å²) in [4.78, 5) is 37.1. The summed E-state index contributed by atoms with van der Waals surface area (Å²) in [5.41, 5.74) is 1.52. The van der Waals surface area contributed by atoms with Crippen LogP contribution in [0.4, 0.5) is 0 Å². The van der Waals surface area contributed by atoms with Gasteiger partial charge in [-0.1, -0.05) is 29.3 Å². The standard InChI is InChI=1S/C27H31Cl2N5O6S2/c1-2-39-27(36)23-21(15-34-10-11-40-17(14-34)4-8-22(35)33-42(37,38)18-5-6-18)31-25(26-30-9-12-41-26)32-24(23)19-7-3-16(28)13-20(19)29/h3,7,9,12-13,17-18,24H,2,4-6,8,10-11,14-15H2,1H3,(H,31,32)(H,33,35). The molecule has 1 aromatic carbocycles. The van der Waals surface area contributed by atoms with Crippen molar-refractivity contribution in [2.24, 2.45) is 4.99 Å². The van der Waals surface area contributed by atoms with Gasteiger partial charge in [0.1, 0.15) is 6.04 Å². The first kappa shape index (κ1) is 30.9. The molecule has 11 nitrogen and oxygen atoms in total. The summed E-state index contributed by atoms with van der Waals surface area (Å²) < 4.78 is 37.7. The molecule has 1 saturated heterocycles. The van der Waals surface area contributed by atoms with E-state index >= 15 is 0 Å². The van der Waals surface area contributed by atoms with Crippen LogP contribution in [-0.2, 0) is 29.1 Å². The number of esters is 1. The predicted molar refractivity (Wildman–Crippen MR) is 160 cm³/mol. The quantitative estimate of drug-likeness (QED) is 0.348. The molecule has 2 unspecified atom stereocenters. The Morgan fingerprint density at radius 1 is 1.29 bits per heavy atom. The van der Waals surface area contributed by atoms with Crippen molar-refractivity contribution in [2.75, 3.05) is 32.8 Å². The van der Waals surface area contributed by atoms with Gasteiger partial charge in [0.15, 0.2) is 10.8 Å². The van der Waals surface area contributed by atoms with Crippen LogP contribution in [0.5, 0.6) is 0 Å². The second-order valence-corrected chi connectivity index (χ2v) is 13.9.